The summed E-state index contributed by atoms with van der Waals surface area (Å²) in [5, 5.41) is 1.33. The van der Waals surface area contributed by atoms with Gasteiger partial charge in [0.2, 0.25) is 0 Å². The number of hydrogen-bond donors (Lipinski definition) is 1. The minimum absolute atomic E-state index is 0.310. The maximum absolute atomic E-state index is 5.93. The van der Waals surface area contributed by atoms with Crippen LogP contribution in [-0.4, -0.2) is 9.97 Å². The van der Waals surface area contributed by atoms with Crippen molar-refractivity contribution in [3.8, 4) is 0 Å². The van der Waals surface area contributed by atoms with E-state index in [1.54, 1.807) is 0 Å². The molecule has 0 unspecified atom stereocenters. The quantitative estimate of drug-likeness (QED) is 0.702. The molecule has 0 bridgehead atoms. The molecule has 2 rings (SSSR count). The average molecular weight is 194 g/mol. The Labute approximate surface area is 80.6 Å². The van der Waals surface area contributed by atoms with Crippen LogP contribution in [0.5, 0.6) is 0 Å². The monoisotopic (exact) mass is 193 g/mol. The number of hydrogen-bond acceptors (Lipinski definition) is 3. The number of halogens is 1. The lowest BCUT2D eigenvalue weighted by Crippen LogP contribution is -2.03. The second kappa shape index (κ2) is 3.28. The molecule has 1 aromatic heterocycles. The molecular weight excluding hydrogens is 186 g/mol. The molecule has 13 heavy (non-hydrogen) atoms. The third-order valence-electron chi connectivity index (χ3n) is 1.79. The predicted molar refractivity (Wildman–Crippen MR) is 52.4 cm³/mol. The molecule has 0 aliphatic heterocycles. The lowest BCUT2D eigenvalue weighted by Gasteiger charge is -2.01. The third kappa shape index (κ3) is 1.48. The van der Waals surface area contributed by atoms with Crippen LogP contribution < -0.4 is 5.73 Å². The fourth-order valence-electron chi connectivity index (χ4n) is 1.17. The van der Waals surface area contributed by atoms with Crippen LogP contribution in [-0.2, 0) is 6.54 Å². The Morgan fingerprint density at radius 2 is 2.00 bits per heavy atom. The number of rotatable bonds is 1. The zero-order chi connectivity index (χ0) is 9.26. The van der Waals surface area contributed by atoms with Crippen molar-refractivity contribution in [1.29, 1.82) is 0 Å². The van der Waals surface area contributed by atoms with Gasteiger partial charge in [-0.15, -0.1) is 0 Å². The van der Waals surface area contributed by atoms with Gasteiger partial charge < -0.3 is 5.73 Å². The minimum Gasteiger partial charge on any atom is -0.324 e. The molecule has 0 atom stereocenters. The Morgan fingerprint density at radius 3 is 2.77 bits per heavy atom. The van der Waals surface area contributed by atoms with Crippen molar-refractivity contribution in [2.24, 2.45) is 5.73 Å². The average Bonchev–Trinajstić information content (AvgIpc) is 2.18. The maximum Gasteiger partial charge on any atom is 0.144 e. The largest absolute Gasteiger partial charge is 0.324 e. The maximum atomic E-state index is 5.93. The molecule has 0 amide bonds. The van der Waals surface area contributed by atoms with Crippen LogP contribution in [0.3, 0.4) is 0 Å². The molecule has 0 spiro atoms. The van der Waals surface area contributed by atoms with Gasteiger partial charge in [-0.3, -0.25) is 0 Å². The summed E-state index contributed by atoms with van der Waals surface area (Å²) in [4.78, 5) is 8.28. The van der Waals surface area contributed by atoms with Crippen LogP contribution in [0.15, 0.2) is 24.3 Å². The molecule has 1 aromatic carbocycles. The van der Waals surface area contributed by atoms with E-state index in [9.17, 15) is 0 Å². The lowest BCUT2D eigenvalue weighted by molar-refractivity contribution is 0.927. The molecular formula is C9H8ClN3. The van der Waals surface area contributed by atoms with Crippen molar-refractivity contribution < 1.29 is 0 Å². The van der Waals surface area contributed by atoms with Gasteiger partial charge in [0.15, 0.2) is 0 Å². The highest BCUT2D eigenvalue weighted by Crippen LogP contribution is 2.19. The number of fused-ring (bicyclic) bond motifs is 1. The molecule has 2 aromatic rings. The fraction of sp³-hybridized carbons (Fsp3) is 0.111. The molecule has 0 aliphatic rings. The zero-order valence-electron chi connectivity index (χ0n) is 6.87. The highest BCUT2D eigenvalue weighted by atomic mass is 35.5. The Hall–Kier alpha value is -1.19. The first-order valence-corrected chi connectivity index (χ1v) is 4.30. The number of nitrogens with zero attached hydrogens (tertiary/aromatic N) is 2. The summed E-state index contributed by atoms with van der Waals surface area (Å²) in [6, 6.07) is 7.59. The summed E-state index contributed by atoms with van der Waals surface area (Å²) < 4.78 is 0. The van der Waals surface area contributed by atoms with Gasteiger partial charge in [0, 0.05) is 5.39 Å². The molecule has 2 N–H and O–H groups in total. The van der Waals surface area contributed by atoms with Crippen molar-refractivity contribution in [2.45, 2.75) is 6.54 Å². The molecule has 3 nitrogen and oxygen atoms in total. The molecule has 0 saturated heterocycles. The van der Waals surface area contributed by atoms with E-state index in [1.165, 1.54) is 0 Å². The number of nitrogens with two attached hydrogens (primary N) is 1. The normalized spacial score (nSPS) is 10.6. The first kappa shape index (κ1) is 8.41. The second-order valence-corrected chi connectivity index (χ2v) is 3.01. The Balaban J connectivity index is 2.77. The highest BCUT2D eigenvalue weighted by Gasteiger charge is 2.02. The van der Waals surface area contributed by atoms with Gasteiger partial charge in [0.1, 0.15) is 11.0 Å². The molecule has 0 saturated carbocycles. The summed E-state index contributed by atoms with van der Waals surface area (Å²) in [5.41, 5.74) is 6.26. The first-order chi connectivity index (χ1) is 6.31. The van der Waals surface area contributed by atoms with E-state index in [0.29, 0.717) is 17.5 Å². The van der Waals surface area contributed by atoms with Gasteiger partial charge in [-0.25, -0.2) is 9.97 Å². The van der Waals surface area contributed by atoms with Crippen LogP contribution in [0.4, 0.5) is 0 Å². The van der Waals surface area contributed by atoms with Gasteiger partial charge in [-0.05, 0) is 12.1 Å². The zero-order valence-corrected chi connectivity index (χ0v) is 7.62. The van der Waals surface area contributed by atoms with Gasteiger partial charge in [0.05, 0.1) is 12.1 Å². The smallest absolute Gasteiger partial charge is 0.144 e. The molecule has 4 heteroatoms. The van der Waals surface area contributed by atoms with Crippen LogP contribution >= 0.6 is 11.6 Å². The molecule has 0 aliphatic carbocycles. The van der Waals surface area contributed by atoms with Crippen molar-refractivity contribution in [2.75, 3.05) is 0 Å². The lowest BCUT2D eigenvalue weighted by atomic mass is 10.2. The van der Waals surface area contributed by atoms with Crippen molar-refractivity contribution in [3.05, 3.63) is 35.2 Å². The fourth-order valence-corrected chi connectivity index (χ4v) is 1.43. The molecule has 0 radical (unpaired) electrons. The minimum atomic E-state index is 0.310. The summed E-state index contributed by atoms with van der Waals surface area (Å²) in [6.07, 6.45) is 0. The van der Waals surface area contributed by atoms with Gasteiger partial charge >= 0.3 is 0 Å². The number of benzene rings is 1. The van der Waals surface area contributed by atoms with E-state index in [2.05, 4.69) is 9.97 Å². The SMILES string of the molecule is NCc1nc(Cl)c2ccccc2n1. The number of para-hydroxylation sites is 1. The Kier molecular flexibility index (Phi) is 2.12. The molecule has 66 valence electrons. The number of aromatic nitrogens is 2. The van der Waals surface area contributed by atoms with Crippen LogP contribution in [0.2, 0.25) is 5.15 Å². The summed E-state index contributed by atoms with van der Waals surface area (Å²) in [7, 11) is 0. The second-order valence-electron chi connectivity index (χ2n) is 2.65. The van der Waals surface area contributed by atoms with E-state index < -0.39 is 0 Å². The molecule has 0 fully saturated rings. The van der Waals surface area contributed by atoms with Crippen LogP contribution in [0, 0.1) is 0 Å². The van der Waals surface area contributed by atoms with Gasteiger partial charge in [0.25, 0.3) is 0 Å². The van der Waals surface area contributed by atoms with E-state index >= 15 is 0 Å². The summed E-state index contributed by atoms with van der Waals surface area (Å²) in [6.45, 7) is 0.310. The van der Waals surface area contributed by atoms with Gasteiger partial charge in [-0.1, -0.05) is 23.7 Å². The van der Waals surface area contributed by atoms with Crippen molar-refractivity contribution >= 4 is 22.5 Å². The van der Waals surface area contributed by atoms with E-state index in [0.717, 1.165) is 10.9 Å². The van der Waals surface area contributed by atoms with Crippen LogP contribution in [0.25, 0.3) is 10.9 Å². The summed E-state index contributed by atoms with van der Waals surface area (Å²) in [5.74, 6) is 0.573. The predicted octanol–water partition coefficient (Wildman–Crippen LogP) is 1.74. The van der Waals surface area contributed by atoms with E-state index in [-0.39, 0.29) is 0 Å². The van der Waals surface area contributed by atoms with E-state index in [1.807, 2.05) is 24.3 Å². The summed E-state index contributed by atoms with van der Waals surface area (Å²) >= 11 is 5.93. The van der Waals surface area contributed by atoms with E-state index in [4.69, 9.17) is 17.3 Å². The Bertz CT molecular complexity index is 442. The highest BCUT2D eigenvalue weighted by molar-refractivity contribution is 6.34. The van der Waals surface area contributed by atoms with Gasteiger partial charge in [-0.2, -0.15) is 0 Å². The molecule has 1 heterocycles. The third-order valence-corrected chi connectivity index (χ3v) is 2.07. The Morgan fingerprint density at radius 1 is 1.23 bits per heavy atom. The van der Waals surface area contributed by atoms with Crippen molar-refractivity contribution in [3.63, 3.8) is 0 Å². The standard InChI is InChI=1S/C9H8ClN3/c10-9-6-3-1-2-4-7(6)12-8(5-11)13-9/h1-4H,5,11H2. The van der Waals surface area contributed by atoms with Crippen molar-refractivity contribution in [1.82, 2.24) is 9.97 Å². The first-order valence-electron chi connectivity index (χ1n) is 3.92. The van der Waals surface area contributed by atoms with Crippen LogP contribution in [0.1, 0.15) is 5.82 Å². The topological polar surface area (TPSA) is 51.8 Å².